The van der Waals surface area contributed by atoms with E-state index in [1.165, 1.54) is 0 Å². The fourth-order valence-corrected chi connectivity index (χ4v) is 2.31. The van der Waals surface area contributed by atoms with Crippen LogP contribution in [0.3, 0.4) is 0 Å². The maximum Gasteiger partial charge on any atom is 0.247 e. The molecule has 0 aromatic heterocycles. The first kappa shape index (κ1) is 20.6. The molecule has 0 saturated heterocycles. The highest BCUT2D eigenvalue weighted by molar-refractivity contribution is 6.31. The van der Waals surface area contributed by atoms with Gasteiger partial charge in [-0.3, -0.25) is 9.59 Å². The first-order chi connectivity index (χ1) is 11.7. The molecule has 1 rings (SSSR count). The van der Waals surface area contributed by atoms with Crippen molar-refractivity contribution in [2.24, 2.45) is 0 Å². The number of halogens is 1. The number of hydrogen-bond acceptors (Lipinski definition) is 3. The van der Waals surface area contributed by atoms with Crippen LogP contribution in [-0.4, -0.2) is 23.6 Å². The molecular weight excluding hydrogens is 338 g/mol. The van der Waals surface area contributed by atoms with Gasteiger partial charge >= 0.3 is 0 Å². The molecule has 1 unspecified atom stereocenters. The summed E-state index contributed by atoms with van der Waals surface area (Å²) < 4.78 is 0. The minimum atomic E-state index is -0.354. The van der Waals surface area contributed by atoms with E-state index in [1.807, 2.05) is 13.8 Å². The second kappa shape index (κ2) is 9.79. The Kier molecular flexibility index (Phi) is 8.08. The SMILES string of the molecule is C=CC(=O)Nc1cc(Cl)cc(C(=N)/C=C(\C)CC(=O)NC(C)CC)c1. The lowest BCUT2D eigenvalue weighted by Crippen LogP contribution is -2.31. The Morgan fingerprint density at radius 2 is 2.04 bits per heavy atom. The third-order valence-corrected chi connectivity index (χ3v) is 3.73. The Labute approximate surface area is 153 Å². The van der Waals surface area contributed by atoms with Crippen LogP contribution in [0.5, 0.6) is 0 Å². The summed E-state index contributed by atoms with van der Waals surface area (Å²) in [5.74, 6) is -0.422. The summed E-state index contributed by atoms with van der Waals surface area (Å²) in [5.41, 5.74) is 2.01. The van der Waals surface area contributed by atoms with Gasteiger partial charge in [0.05, 0.1) is 5.71 Å². The average Bonchev–Trinajstić information content (AvgIpc) is 2.53. The molecule has 0 aliphatic rings. The van der Waals surface area contributed by atoms with Crippen LogP contribution in [0.15, 0.2) is 42.5 Å². The fourth-order valence-electron chi connectivity index (χ4n) is 2.07. The van der Waals surface area contributed by atoms with Crippen molar-refractivity contribution in [1.82, 2.24) is 5.32 Å². The highest BCUT2D eigenvalue weighted by atomic mass is 35.5. The van der Waals surface area contributed by atoms with Gasteiger partial charge in [-0.25, -0.2) is 0 Å². The van der Waals surface area contributed by atoms with Gasteiger partial charge in [0.2, 0.25) is 11.8 Å². The van der Waals surface area contributed by atoms with Gasteiger partial charge < -0.3 is 16.0 Å². The summed E-state index contributed by atoms with van der Waals surface area (Å²) in [7, 11) is 0. The van der Waals surface area contributed by atoms with Gasteiger partial charge in [0.1, 0.15) is 0 Å². The molecule has 25 heavy (non-hydrogen) atoms. The van der Waals surface area contributed by atoms with Crippen LogP contribution >= 0.6 is 11.6 Å². The topological polar surface area (TPSA) is 82.1 Å². The van der Waals surface area contributed by atoms with Crippen LogP contribution in [-0.2, 0) is 9.59 Å². The van der Waals surface area contributed by atoms with E-state index in [2.05, 4.69) is 17.2 Å². The summed E-state index contributed by atoms with van der Waals surface area (Å²) in [6.45, 7) is 9.15. The number of amides is 2. The van der Waals surface area contributed by atoms with Crippen LogP contribution in [0, 0.1) is 5.41 Å². The predicted octanol–water partition coefficient (Wildman–Crippen LogP) is 4.08. The zero-order valence-electron chi connectivity index (χ0n) is 14.8. The molecule has 0 aliphatic heterocycles. The highest BCUT2D eigenvalue weighted by Gasteiger charge is 2.09. The first-order valence-corrected chi connectivity index (χ1v) is 8.42. The van der Waals surface area contributed by atoms with Gasteiger partial charge in [0, 0.05) is 28.7 Å². The molecular formula is C19H24ClN3O2. The van der Waals surface area contributed by atoms with Crippen molar-refractivity contribution in [3.8, 4) is 0 Å². The molecule has 0 fully saturated rings. The van der Waals surface area contributed by atoms with E-state index in [9.17, 15) is 9.59 Å². The molecule has 1 atom stereocenters. The van der Waals surface area contributed by atoms with Crippen molar-refractivity contribution >= 4 is 34.8 Å². The minimum Gasteiger partial charge on any atom is -0.353 e. The van der Waals surface area contributed by atoms with Crippen molar-refractivity contribution in [3.05, 3.63) is 53.1 Å². The maximum atomic E-state index is 11.9. The van der Waals surface area contributed by atoms with Crippen LogP contribution in [0.1, 0.15) is 39.2 Å². The standard InChI is InChI=1S/C19H24ClN3O2/c1-5-13(4)22-19(25)8-12(3)7-17(21)14-9-15(20)11-16(10-14)23-18(24)6-2/h6-7,9-11,13,21H,2,5,8H2,1,3-4H3,(H,22,25)(H,23,24)/b12-7+,21-17?. The molecule has 1 aromatic rings. The predicted molar refractivity (Wildman–Crippen MR) is 103 cm³/mol. The van der Waals surface area contributed by atoms with Crippen molar-refractivity contribution in [2.75, 3.05) is 5.32 Å². The summed E-state index contributed by atoms with van der Waals surface area (Å²) in [5, 5.41) is 14.1. The Balaban J connectivity index is 2.86. The molecule has 2 amide bonds. The summed E-state index contributed by atoms with van der Waals surface area (Å²) in [4.78, 5) is 23.3. The zero-order chi connectivity index (χ0) is 19.0. The molecule has 0 spiro atoms. The summed E-state index contributed by atoms with van der Waals surface area (Å²) in [6.07, 6.45) is 3.88. The van der Waals surface area contributed by atoms with Gasteiger partial charge in [0.15, 0.2) is 0 Å². The van der Waals surface area contributed by atoms with Crippen LogP contribution < -0.4 is 10.6 Å². The Morgan fingerprint density at radius 3 is 2.64 bits per heavy atom. The van der Waals surface area contributed by atoms with Gasteiger partial charge in [0.25, 0.3) is 0 Å². The molecule has 0 heterocycles. The Morgan fingerprint density at radius 1 is 1.36 bits per heavy atom. The number of benzene rings is 1. The molecule has 0 bridgehead atoms. The van der Waals surface area contributed by atoms with Gasteiger partial charge in [-0.2, -0.15) is 0 Å². The molecule has 134 valence electrons. The second-order valence-corrected chi connectivity index (χ2v) is 6.32. The number of allylic oxidation sites excluding steroid dienone is 1. The first-order valence-electron chi connectivity index (χ1n) is 8.04. The molecule has 5 nitrogen and oxygen atoms in total. The lowest BCUT2D eigenvalue weighted by atomic mass is 10.0. The molecule has 6 heteroatoms. The van der Waals surface area contributed by atoms with Gasteiger partial charge in [-0.05, 0) is 50.6 Å². The molecule has 0 aliphatic carbocycles. The highest BCUT2D eigenvalue weighted by Crippen LogP contribution is 2.20. The number of hydrogen-bond donors (Lipinski definition) is 3. The maximum absolute atomic E-state index is 11.9. The molecule has 0 saturated carbocycles. The quantitative estimate of drug-likeness (QED) is 0.481. The van der Waals surface area contributed by atoms with Gasteiger partial charge in [-0.15, -0.1) is 0 Å². The van der Waals surface area contributed by atoms with Gasteiger partial charge in [-0.1, -0.05) is 30.7 Å². The van der Waals surface area contributed by atoms with E-state index in [0.29, 0.717) is 16.3 Å². The van der Waals surface area contributed by atoms with Crippen LogP contribution in [0.4, 0.5) is 5.69 Å². The lowest BCUT2D eigenvalue weighted by Gasteiger charge is -2.11. The monoisotopic (exact) mass is 361 g/mol. The molecule has 1 aromatic carbocycles. The van der Waals surface area contributed by atoms with Crippen molar-refractivity contribution < 1.29 is 9.59 Å². The lowest BCUT2D eigenvalue weighted by molar-refractivity contribution is -0.121. The summed E-state index contributed by atoms with van der Waals surface area (Å²) in [6, 6.07) is 5.01. The number of nitrogens with one attached hydrogen (secondary N) is 3. The minimum absolute atomic E-state index is 0.0686. The Bertz CT molecular complexity index is 711. The van der Waals surface area contributed by atoms with E-state index >= 15 is 0 Å². The fraction of sp³-hybridized carbons (Fsp3) is 0.316. The average molecular weight is 362 g/mol. The second-order valence-electron chi connectivity index (χ2n) is 5.88. The van der Waals surface area contributed by atoms with Crippen molar-refractivity contribution in [2.45, 2.75) is 39.7 Å². The number of carbonyl (C=O) groups excluding carboxylic acids is 2. The van der Waals surface area contributed by atoms with Crippen LogP contribution in [0.2, 0.25) is 5.02 Å². The normalized spacial score (nSPS) is 12.2. The van der Waals surface area contributed by atoms with E-state index in [1.54, 1.807) is 31.2 Å². The van der Waals surface area contributed by atoms with E-state index in [-0.39, 0.29) is 30.0 Å². The molecule has 0 radical (unpaired) electrons. The van der Waals surface area contributed by atoms with E-state index in [4.69, 9.17) is 17.0 Å². The summed E-state index contributed by atoms with van der Waals surface area (Å²) >= 11 is 6.06. The number of anilines is 1. The third-order valence-electron chi connectivity index (χ3n) is 3.51. The van der Waals surface area contributed by atoms with E-state index < -0.39 is 0 Å². The third kappa shape index (κ3) is 7.35. The van der Waals surface area contributed by atoms with Crippen LogP contribution in [0.25, 0.3) is 0 Å². The zero-order valence-corrected chi connectivity index (χ0v) is 15.5. The smallest absolute Gasteiger partial charge is 0.247 e. The van der Waals surface area contributed by atoms with E-state index in [0.717, 1.165) is 18.1 Å². The molecule has 3 N–H and O–H groups in total. The largest absolute Gasteiger partial charge is 0.353 e. The van der Waals surface area contributed by atoms with Crippen molar-refractivity contribution in [3.63, 3.8) is 0 Å². The Hall–Kier alpha value is -2.40. The number of carbonyl (C=O) groups is 2. The number of rotatable bonds is 8. The van der Waals surface area contributed by atoms with Crippen molar-refractivity contribution in [1.29, 1.82) is 5.41 Å².